The SMILES string of the molecule is Clc1cc(Oc2ccc3cccnc3c2)c(Cl)nn1. The van der Waals surface area contributed by atoms with Crippen LogP contribution in [0.1, 0.15) is 0 Å². The number of hydrogen-bond acceptors (Lipinski definition) is 4. The van der Waals surface area contributed by atoms with Gasteiger partial charge in [0.05, 0.1) is 5.52 Å². The molecule has 0 fully saturated rings. The van der Waals surface area contributed by atoms with Gasteiger partial charge in [0.25, 0.3) is 0 Å². The fourth-order valence-corrected chi connectivity index (χ4v) is 1.91. The Morgan fingerprint density at radius 1 is 1.00 bits per heavy atom. The minimum atomic E-state index is 0.158. The van der Waals surface area contributed by atoms with Crippen LogP contribution in [0.25, 0.3) is 10.9 Å². The molecule has 94 valence electrons. The van der Waals surface area contributed by atoms with Crippen LogP contribution in [0.15, 0.2) is 42.6 Å². The average molecular weight is 292 g/mol. The van der Waals surface area contributed by atoms with Gasteiger partial charge in [0.15, 0.2) is 16.1 Å². The zero-order chi connectivity index (χ0) is 13.2. The first kappa shape index (κ1) is 12.1. The largest absolute Gasteiger partial charge is 0.454 e. The van der Waals surface area contributed by atoms with Crippen LogP contribution in [0.4, 0.5) is 0 Å². The molecular formula is C13H7Cl2N3O. The predicted octanol–water partition coefficient (Wildman–Crippen LogP) is 4.12. The molecule has 2 aromatic heterocycles. The lowest BCUT2D eigenvalue weighted by molar-refractivity contribution is 0.479. The highest BCUT2D eigenvalue weighted by Crippen LogP contribution is 2.30. The van der Waals surface area contributed by atoms with Crippen LogP contribution >= 0.6 is 23.2 Å². The summed E-state index contributed by atoms with van der Waals surface area (Å²) in [4.78, 5) is 4.26. The molecule has 0 radical (unpaired) electrons. The Morgan fingerprint density at radius 3 is 2.79 bits per heavy atom. The molecule has 0 saturated heterocycles. The molecule has 0 spiro atoms. The molecule has 3 rings (SSSR count). The Hall–Kier alpha value is -1.91. The summed E-state index contributed by atoms with van der Waals surface area (Å²) in [6.45, 7) is 0. The van der Waals surface area contributed by atoms with Crippen molar-refractivity contribution in [1.82, 2.24) is 15.2 Å². The Bertz CT molecular complexity index is 749. The summed E-state index contributed by atoms with van der Waals surface area (Å²) < 4.78 is 5.64. The lowest BCUT2D eigenvalue weighted by atomic mass is 10.2. The van der Waals surface area contributed by atoms with Crippen molar-refractivity contribution in [3.63, 3.8) is 0 Å². The van der Waals surface area contributed by atoms with Crippen LogP contribution in [-0.4, -0.2) is 15.2 Å². The van der Waals surface area contributed by atoms with E-state index in [1.165, 1.54) is 6.07 Å². The molecule has 2 heterocycles. The van der Waals surface area contributed by atoms with Gasteiger partial charge in [-0.15, -0.1) is 10.2 Å². The molecule has 0 N–H and O–H groups in total. The van der Waals surface area contributed by atoms with Gasteiger partial charge in [0, 0.05) is 23.7 Å². The fourth-order valence-electron chi connectivity index (χ4n) is 1.65. The van der Waals surface area contributed by atoms with Crippen molar-refractivity contribution in [3.8, 4) is 11.5 Å². The van der Waals surface area contributed by atoms with Gasteiger partial charge < -0.3 is 4.74 Å². The zero-order valence-corrected chi connectivity index (χ0v) is 11.1. The third-order valence-electron chi connectivity index (χ3n) is 2.49. The second-order valence-electron chi connectivity index (χ2n) is 3.78. The minimum Gasteiger partial charge on any atom is -0.454 e. The van der Waals surface area contributed by atoms with E-state index in [1.54, 1.807) is 6.20 Å². The van der Waals surface area contributed by atoms with E-state index in [-0.39, 0.29) is 10.3 Å². The molecule has 0 aliphatic rings. The van der Waals surface area contributed by atoms with Crippen molar-refractivity contribution in [3.05, 3.63) is 52.9 Å². The van der Waals surface area contributed by atoms with Crippen molar-refractivity contribution in [2.75, 3.05) is 0 Å². The molecule has 0 amide bonds. The lowest BCUT2D eigenvalue weighted by Crippen LogP contribution is -1.90. The van der Waals surface area contributed by atoms with Gasteiger partial charge >= 0.3 is 0 Å². The van der Waals surface area contributed by atoms with Crippen molar-refractivity contribution in [2.24, 2.45) is 0 Å². The van der Waals surface area contributed by atoms with Gasteiger partial charge in [-0.2, -0.15) is 0 Å². The number of pyridine rings is 1. The van der Waals surface area contributed by atoms with Gasteiger partial charge in [-0.25, -0.2) is 0 Å². The van der Waals surface area contributed by atoms with Gasteiger partial charge in [-0.1, -0.05) is 29.3 Å². The highest BCUT2D eigenvalue weighted by Gasteiger charge is 2.07. The average Bonchev–Trinajstić information content (AvgIpc) is 2.43. The van der Waals surface area contributed by atoms with Crippen LogP contribution in [0.3, 0.4) is 0 Å². The standard InChI is InChI=1S/C13H7Cl2N3O/c14-12-7-11(13(15)18-17-12)19-9-4-3-8-2-1-5-16-10(8)6-9/h1-7H. The molecule has 0 aliphatic carbocycles. The second-order valence-corrected chi connectivity index (χ2v) is 4.53. The zero-order valence-electron chi connectivity index (χ0n) is 9.55. The summed E-state index contributed by atoms with van der Waals surface area (Å²) in [5.41, 5.74) is 0.837. The molecule has 6 heteroatoms. The number of benzene rings is 1. The van der Waals surface area contributed by atoms with Crippen molar-refractivity contribution in [2.45, 2.75) is 0 Å². The monoisotopic (exact) mass is 291 g/mol. The van der Waals surface area contributed by atoms with Crippen molar-refractivity contribution >= 4 is 34.1 Å². The van der Waals surface area contributed by atoms with Gasteiger partial charge in [-0.3, -0.25) is 4.98 Å². The number of hydrogen-bond donors (Lipinski definition) is 0. The molecular weight excluding hydrogens is 285 g/mol. The summed E-state index contributed by atoms with van der Waals surface area (Å²) in [5.74, 6) is 0.967. The molecule has 19 heavy (non-hydrogen) atoms. The van der Waals surface area contributed by atoms with E-state index < -0.39 is 0 Å². The van der Waals surface area contributed by atoms with Crippen LogP contribution in [-0.2, 0) is 0 Å². The normalized spacial score (nSPS) is 10.6. The number of aromatic nitrogens is 3. The van der Waals surface area contributed by atoms with Crippen molar-refractivity contribution in [1.29, 1.82) is 0 Å². The summed E-state index contributed by atoms with van der Waals surface area (Å²) >= 11 is 11.6. The molecule has 0 aliphatic heterocycles. The van der Waals surface area contributed by atoms with E-state index in [4.69, 9.17) is 27.9 Å². The van der Waals surface area contributed by atoms with Crippen LogP contribution in [0.5, 0.6) is 11.5 Å². The number of halogens is 2. The summed E-state index contributed by atoms with van der Waals surface area (Å²) in [7, 11) is 0. The van der Waals surface area contributed by atoms with E-state index in [0.29, 0.717) is 11.5 Å². The number of ether oxygens (including phenoxy) is 1. The summed E-state index contributed by atoms with van der Waals surface area (Å²) in [5, 5.41) is 8.71. The lowest BCUT2D eigenvalue weighted by Gasteiger charge is -2.07. The first-order valence-electron chi connectivity index (χ1n) is 5.44. The van der Waals surface area contributed by atoms with Crippen LogP contribution in [0.2, 0.25) is 10.3 Å². The van der Waals surface area contributed by atoms with E-state index in [9.17, 15) is 0 Å². The second kappa shape index (κ2) is 4.99. The third kappa shape index (κ3) is 2.59. The topological polar surface area (TPSA) is 47.9 Å². The van der Waals surface area contributed by atoms with E-state index in [2.05, 4.69) is 15.2 Å². The van der Waals surface area contributed by atoms with Gasteiger partial charge in [0.1, 0.15) is 5.75 Å². The maximum atomic E-state index is 5.89. The molecule has 1 aromatic carbocycles. The first-order chi connectivity index (χ1) is 9.22. The maximum absolute atomic E-state index is 5.89. The number of rotatable bonds is 2. The van der Waals surface area contributed by atoms with Gasteiger partial charge in [-0.05, 0) is 18.2 Å². The molecule has 0 atom stereocenters. The number of fused-ring (bicyclic) bond motifs is 1. The van der Waals surface area contributed by atoms with Crippen LogP contribution in [0, 0.1) is 0 Å². The molecule has 3 aromatic rings. The van der Waals surface area contributed by atoms with E-state index in [0.717, 1.165) is 10.9 Å². The predicted molar refractivity (Wildman–Crippen MR) is 73.9 cm³/mol. The Balaban J connectivity index is 1.98. The minimum absolute atomic E-state index is 0.158. The quantitative estimate of drug-likeness (QED) is 0.712. The van der Waals surface area contributed by atoms with Gasteiger partial charge in [0.2, 0.25) is 0 Å². The summed E-state index contributed by atoms with van der Waals surface area (Å²) in [6.07, 6.45) is 1.73. The van der Waals surface area contributed by atoms with Crippen LogP contribution < -0.4 is 4.74 Å². The smallest absolute Gasteiger partial charge is 0.194 e. The van der Waals surface area contributed by atoms with E-state index >= 15 is 0 Å². The van der Waals surface area contributed by atoms with E-state index in [1.807, 2.05) is 30.3 Å². The Labute approximate surface area is 119 Å². The fraction of sp³-hybridized carbons (Fsp3) is 0. The number of nitrogens with zero attached hydrogens (tertiary/aromatic N) is 3. The molecule has 0 unspecified atom stereocenters. The molecule has 4 nitrogen and oxygen atoms in total. The molecule has 0 saturated carbocycles. The highest BCUT2D eigenvalue weighted by molar-refractivity contribution is 6.32. The Morgan fingerprint density at radius 2 is 1.89 bits per heavy atom. The maximum Gasteiger partial charge on any atom is 0.194 e. The van der Waals surface area contributed by atoms with Crippen molar-refractivity contribution < 1.29 is 4.74 Å². The Kier molecular flexibility index (Phi) is 3.19. The highest BCUT2D eigenvalue weighted by atomic mass is 35.5. The third-order valence-corrected chi connectivity index (χ3v) is 2.94. The first-order valence-corrected chi connectivity index (χ1v) is 6.19. The summed E-state index contributed by atoms with van der Waals surface area (Å²) in [6, 6.07) is 10.9. The molecule has 0 bridgehead atoms.